The van der Waals surface area contributed by atoms with Gasteiger partial charge >= 0.3 is 0 Å². The molecule has 10 heteroatoms. The van der Waals surface area contributed by atoms with E-state index in [0.717, 1.165) is 0 Å². The van der Waals surface area contributed by atoms with Crippen LogP contribution in [0.4, 0.5) is 21.5 Å². The molecule has 0 bridgehead atoms. The molecule has 4 aliphatic rings. The van der Waals surface area contributed by atoms with Crippen molar-refractivity contribution in [2.75, 3.05) is 17.2 Å². The number of nitro groups is 1. The van der Waals surface area contributed by atoms with Crippen LogP contribution in [0.2, 0.25) is 0 Å². The van der Waals surface area contributed by atoms with Gasteiger partial charge in [0.25, 0.3) is 11.6 Å². The van der Waals surface area contributed by atoms with Crippen LogP contribution in [0.3, 0.4) is 0 Å². The summed E-state index contributed by atoms with van der Waals surface area (Å²) in [6, 6.07) is 15.8. The van der Waals surface area contributed by atoms with Crippen molar-refractivity contribution in [2.24, 2.45) is 5.92 Å². The Morgan fingerprint density at radius 2 is 1.74 bits per heavy atom. The summed E-state index contributed by atoms with van der Waals surface area (Å²) in [5.41, 5.74) is -1.92. The van der Waals surface area contributed by atoms with Gasteiger partial charge in [-0.2, -0.15) is 0 Å². The molecule has 2 saturated heterocycles. The summed E-state index contributed by atoms with van der Waals surface area (Å²) in [6.07, 6.45) is 1.20. The number of para-hydroxylation sites is 1. The van der Waals surface area contributed by atoms with Gasteiger partial charge in [0.2, 0.25) is 5.91 Å². The Labute approximate surface area is 215 Å². The van der Waals surface area contributed by atoms with E-state index in [1.165, 1.54) is 42.5 Å². The Kier molecular flexibility index (Phi) is 4.51. The molecule has 0 unspecified atom stereocenters. The highest BCUT2D eigenvalue weighted by atomic mass is 19.1. The van der Waals surface area contributed by atoms with Crippen molar-refractivity contribution in [1.82, 2.24) is 4.90 Å². The highest BCUT2D eigenvalue weighted by molar-refractivity contribution is 6.21. The second-order valence-corrected chi connectivity index (χ2v) is 10.2. The largest absolute Gasteiger partial charge is 0.325 e. The molecule has 0 aromatic heterocycles. The van der Waals surface area contributed by atoms with Gasteiger partial charge in [-0.1, -0.05) is 30.3 Å². The second-order valence-electron chi connectivity index (χ2n) is 10.2. The lowest BCUT2D eigenvalue weighted by molar-refractivity contribution is -0.384. The van der Waals surface area contributed by atoms with Crippen LogP contribution in [-0.2, 0) is 20.5 Å². The molecule has 0 aliphatic carbocycles. The number of nitrogens with one attached hydrogen (secondary N) is 2. The van der Waals surface area contributed by atoms with E-state index in [1.54, 1.807) is 24.3 Å². The zero-order chi connectivity index (χ0) is 26.4. The first-order chi connectivity index (χ1) is 18.3. The normalized spacial score (nSPS) is 28.8. The molecule has 0 saturated carbocycles. The molecule has 4 heterocycles. The SMILES string of the molecule is O=C(c1cccc([N+](=O)[O-])c1)[C@@H]1[C@@H]2CCCN2[C@@]2(C(=O)Nc3ccc(F)cc32)[C@]12C(=O)Nc1ccccc12. The fourth-order valence-electron chi connectivity index (χ4n) is 7.50. The number of hydrogen-bond acceptors (Lipinski definition) is 6. The number of non-ortho nitro benzene ring substituents is 1. The van der Waals surface area contributed by atoms with E-state index in [2.05, 4.69) is 10.6 Å². The topological polar surface area (TPSA) is 122 Å². The Hall–Kier alpha value is -4.44. The standard InChI is InChI=1S/C28H21FN4O5/c29-16-10-11-21-19(14-16)28(26(36)31-21)27(18-7-1-2-8-20(18)30-25(27)35)23(22-9-4-12-32(22)28)24(34)15-5-3-6-17(13-15)33(37)38/h1-3,5-8,10-11,13-14,22-23H,4,9,12H2,(H,30,35)(H,31,36)/t22-,23-,27-,28-/m0/s1. The predicted molar refractivity (Wildman–Crippen MR) is 134 cm³/mol. The summed E-state index contributed by atoms with van der Waals surface area (Å²) < 4.78 is 14.8. The van der Waals surface area contributed by atoms with Crippen LogP contribution in [0.15, 0.2) is 66.7 Å². The van der Waals surface area contributed by atoms with Gasteiger partial charge in [0.05, 0.1) is 10.8 Å². The minimum atomic E-state index is -1.74. The fourth-order valence-corrected chi connectivity index (χ4v) is 7.50. The third-order valence-electron chi connectivity index (χ3n) is 8.68. The summed E-state index contributed by atoms with van der Waals surface area (Å²) >= 11 is 0. The Balaban J connectivity index is 1.57. The van der Waals surface area contributed by atoms with Crippen molar-refractivity contribution in [1.29, 1.82) is 0 Å². The number of nitro benzene ring substituents is 1. The number of hydrogen-bond donors (Lipinski definition) is 2. The van der Waals surface area contributed by atoms with Gasteiger partial charge in [-0.3, -0.25) is 29.4 Å². The Morgan fingerprint density at radius 3 is 2.55 bits per heavy atom. The van der Waals surface area contributed by atoms with Gasteiger partial charge < -0.3 is 10.6 Å². The van der Waals surface area contributed by atoms with Crippen LogP contribution >= 0.6 is 0 Å². The highest BCUT2D eigenvalue weighted by Crippen LogP contribution is 2.67. The lowest BCUT2D eigenvalue weighted by Gasteiger charge is -2.43. The molecule has 4 aliphatic heterocycles. The van der Waals surface area contributed by atoms with Gasteiger partial charge in [-0.25, -0.2) is 4.39 Å². The number of ketones is 1. The Morgan fingerprint density at radius 1 is 0.974 bits per heavy atom. The van der Waals surface area contributed by atoms with Gasteiger partial charge in [-0.05, 0) is 49.2 Å². The average molecular weight is 512 g/mol. The number of Topliss-reactive ketones (excluding diaryl/α,β-unsaturated/α-hetero) is 1. The summed E-state index contributed by atoms with van der Waals surface area (Å²) in [5, 5.41) is 17.3. The zero-order valence-corrected chi connectivity index (χ0v) is 19.9. The minimum Gasteiger partial charge on any atom is -0.325 e. The van der Waals surface area contributed by atoms with Crippen molar-refractivity contribution in [3.63, 3.8) is 0 Å². The molecular formula is C28H21FN4O5. The molecule has 2 fully saturated rings. The number of rotatable bonds is 3. The first kappa shape index (κ1) is 22.7. The average Bonchev–Trinajstić information content (AvgIpc) is 3.62. The van der Waals surface area contributed by atoms with Crippen LogP contribution in [0.5, 0.6) is 0 Å². The first-order valence-corrected chi connectivity index (χ1v) is 12.4. The van der Waals surface area contributed by atoms with Gasteiger partial charge in [0, 0.05) is 40.7 Å². The molecule has 2 spiro atoms. The fraction of sp³-hybridized carbons (Fsp3) is 0.250. The molecule has 38 heavy (non-hydrogen) atoms. The molecule has 2 amide bonds. The molecule has 0 radical (unpaired) electrons. The number of fused-ring (bicyclic) bond motifs is 7. The summed E-state index contributed by atoms with van der Waals surface area (Å²) in [7, 11) is 0. The van der Waals surface area contributed by atoms with Gasteiger partial charge in [-0.15, -0.1) is 0 Å². The summed E-state index contributed by atoms with van der Waals surface area (Å²) in [5.74, 6) is -3.11. The Bertz CT molecular complexity index is 1610. The maximum atomic E-state index is 14.8. The monoisotopic (exact) mass is 512 g/mol. The molecule has 7 rings (SSSR count). The number of nitrogens with zero attached hydrogens (tertiary/aromatic N) is 2. The van der Waals surface area contributed by atoms with E-state index < -0.39 is 51.3 Å². The number of halogens is 1. The van der Waals surface area contributed by atoms with Crippen molar-refractivity contribution >= 4 is 34.7 Å². The van der Waals surface area contributed by atoms with Crippen molar-refractivity contribution in [2.45, 2.75) is 29.8 Å². The van der Waals surface area contributed by atoms with E-state index in [-0.39, 0.29) is 11.3 Å². The quantitative estimate of drug-likeness (QED) is 0.313. The lowest BCUT2D eigenvalue weighted by atomic mass is 9.57. The molecule has 190 valence electrons. The maximum Gasteiger partial charge on any atom is 0.270 e. The van der Waals surface area contributed by atoms with Gasteiger partial charge in [0.1, 0.15) is 16.8 Å². The van der Waals surface area contributed by atoms with E-state index in [9.17, 15) is 28.9 Å². The van der Waals surface area contributed by atoms with Crippen LogP contribution in [0.1, 0.15) is 34.3 Å². The number of benzene rings is 3. The number of anilines is 2. The van der Waals surface area contributed by atoms with Crippen LogP contribution in [0.25, 0.3) is 0 Å². The third-order valence-corrected chi connectivity index (χ3v) is 8.68. The number of carbonyl (C=O) groups is 3. The minimum absolute atomic E-state index is 0.0857. The smallest absolute Gasteiger partial charge is 0.270 e. The molecular weight excluding hydrogens is 491 g/mol. The first-order valence-electron chi connectivity index (χ1n) is 12.4. The van der Waals surface area contributed by atoms with E-state index in [4.69, 9.17) is 0 Å². The van der Waals surface area contributed by atoms with Crippen LogP contribution < -0.4 is 10.6 Å². The number of carbonyl (C=O) groups excluding carboxylic acids is 3. The predicted octanol–water partition coefficient (Wildman–Crippen LogP) is 3.75. The van der Waals surface area contributed by atoms with E-state index >= 15 is 0 Å². The second kappa shape index (κ2) is 7.55. The molecule has 3 aromatic rings. The maximum absolute atomic E-state index is 14.8. The van der Waals surface area contributed by atoms with Crippen molar-refractivity contribution in [3.8, 4) is 0 Å². The van der Waals surface area contributed by atoms with E-state index in [1.807, 2.05) is 4.90 Å². The molecule has 2 N–H and O–H groups in total. The molecule has 4 atom stereocenters. The summed E-state index contributed by atoms with van der Waals surface area (Å²) in [4.78, 5) is 55.8. The van der Waals surface area contributed by atoms with E-state index in [0.29, 0.717) is 41.9 Å². The van der Waals surface area contributed by atoms with Crippen LogP contribution in [-0.4, -0.2) is 40.0 Å². The molecule has 9 nitrogen and oxygen atoms in total. The lowest BCUT2D eigenvalue weighted by Crippen LogP contribution is -2.62. The third kappa shape index (κ3) is 2.50. The van der Waals surface area contributed by atoms with Crippen molar-refractivity contribution in [3.05, 3.63) is 99.4 Å². The highest BCUT2D eigenvalue weighted by Gasteiger charge is 2.81. The van der Waals surface area contributed by atoms with Gasteiger partial charge in [0.15, 0.2) is 5.78 Å². The van der Waals surface area contributed by atoms with Crippen molar-refractivity contribution < 1.29 is 23.7 Å². The molecule has 3 aromatic carbocycles. The summed E-state index contributed by atoms with van der Waals surface area (Å²) in [6.45, 7) is 0.421. The zero-order valence-electron chi connectivity index (χ0n) is 19.9. The van der Waals surface area contributed by atoms with Crippen LogP contribution in [0, 0.1) is 21.8 Å². The number of amides is 2.